The average molecular weight is 274 g/mol. The third-order valence-electron chi connectivity index (χ3n) is 5.11. The Morgan fingerprint density at radius 3 is 2.85 bits per heavy atom. The first kappa shape index (κ1) is 13.9. The molecule has 1 aromatic rings. The van der Waals surface area contributed by atoms with Crippen LogP contribution >= 0.6 is 0 Å². The number of rotatable bonds is 4. The van der Waals surface area contributed by atoms with Gasteiger partial charge < -0.3 is 10.5 Å². The number of nitrogens with zero attached hydrogens (tertiary/aromatic N) is 1. The molecule has 2 aliphatic rings. The molecule has 0 spiro atoms. The van der Waals surface area contributed by atoms with Crippen LogP contribution in [0.3, 0.4) is 0 Å². The zero-order valence-corrected chi connectivity index (χ0v) is 12.5. The summed E-state index contributed by atoms with van der Waals surface area (Å²) in [5, 5.41) is 0. The fourth-order valence-corrected chi connectivity index (χ4v) is 3.45. The molecule has 1 unspecified atom stereocenters. The number of nitrogens with two attached hydrogens (primary N) is 1. The lowest BCUT2D eigenvalue weighted by molar-refractivity contribution is 0.0563. The summed E-state index contributed by atoms with van der Waals surface area (Å²) in [7, 11) is 0. The molecule has 0 amide bonds. The second-order valence-corrected chi connectivity index (χ2v) is 6.58. The van der Waals surface area contributed by atoms with Crippen molar-refractivity contribution in [2.24, 2.45) is 11.7 Å². The van der Waals surface area contributed by atoms with E-state index in [1.807, 2.05) is 6.07 Å². The molecule has 3 heteroatoms. The number of benzene rings is 1. The molecular formula is C17H26N2O. The topological polar surface area (TPSA) is 38.5 Å². The summed E-state index contributed by atoms with van der Waals surface area (Å²) in [6.45, 7) is 5.74. The van der Waals surface area contributed by atoms with Crippen LogP contribution < -0.4 is 10.5 Å². The van der Waals surface area contributed by atoms with Crippen molar-refractivity contribution in [2.45, 2.75) is 44.7 Å². The molecule has 1 heterocycles. The predicted molar refractivity (Wildman–Crippen MR) is 81.8 cm³/mol. The lowest BCUT2D eigenvalue weighted by Crippen LogP contribution is -2.53. The maximum atomic E-state index is 6.15. The summed E-state index contributed by atoms with van der Waals surface area (Å²) >= 11 is 0. The first-order valence-electron chi connectivity index (χ1n) is 7.87. The van der Waals surface area contributed by atoms with Crippen LogP contribution in [0.4, 0.5) is 0 Å². The third-order valence-corrected chi connectivity index (χ3v) is 5.11. The van der Waals surface area contributed by atoms with E-state index in [2.05, 4.69) is 30.0 Å². The highest BCUT2D eigenvalue weighted by Gasteiger charge is 2.36. The van der Waals surface area contributed by atoms with Crippen molar-refractivity contribution in [1.82, 2.24) is 4.90 Å². The number of hydrogen-bond acceptors (Lipinski definition) is 3. The molecule has 3 rings (SSSR count). The Labute approximate surface area is 122 Å². The molecule has 20 heavy (non-hydrogen) atoms. The standard InChI is InChI=1S/C17H26N2O/c1-17(13-18,11-14-5-4-6-14)19-9-10-20-16-8-3-2-7-15(16)12-19/h2-3,7-8,14H,4-6,9-13,18H2,1H3. The van der Waals surface area contributed by atoms with Crippen LogP contribution in [0.1, 0.15) is 38.2 Å². The highest BCUT2D eigenvalue weighted by Crippen LogP contribution is 2.37. The quantitative estimate of drug-likeness (QED) is 0.917. The van der Waals surface area contributed by atoms with Crippen molar-refractivity contribution in [2.75, 3.05) is 19.7 Å². The van der Waals surface area contributed by atoms with E-state index in [1.54, 1.807) is 0 Å². The number of para-hydroxylation sites is 1. The van der Waals surface area contributed by atoms with Gasteiger partial charge in [0.2, 0.25) is 0 Å². The van der Waals surface area contributed by atoms with Crippen molar-refractivity contribution in [3.05, 3.63) is 29.8 Å². The van der Waals surface area contributed by atoms with Gasteiger partial charge in [0.25, 0.3) is 0 Å². The van der Waals surface area contributed by atoms with Crippen LogP contribution in [0.5, 0.6) is 5.75 Å². The van der Waals surface area contributed by atoms with E-state index in [-0.39, 0.29) is 5.54 Å². The van der Waals surface area contributed by atoms with E-state index in [0.717, 1.165) is 37.9 Å². The van der Waals surface area contributed by atoms with Gasteiger partial charge in [-0.1, -0.05) is 37.5 Å². The van der Waals surface area contributed by atoms with Crippen molar-refractivity contribution in [1.29, 1.82) is 0 Å². The smallest absolute Gasteiger partial charge is 0.123 e. The Bertz CT molecular complexity index is 458. The minimum Gasteiger partial charge on any atom is -0.492 e. The van der Waals surface area contributed by atoms with E-state index in [1.165, 1.54) is 31.2 Å². The minimum atomic E-state index is 0.103. The molecule has 0 radical (unpaired) electrons. The van der Waals surface area contributed by atoms with Crippen LogP contribution in [0, 0.1) is 5.92 Å². The number of fused-ring (bicyclic) bond motifs is 1. The molecular weight excluding hydrogens is 248 g/mol. The fourth-order valence-electron chi connectivity index (χ4n) is 3.45. The lowest BCUT2D eigenvalue weighted by Gasteiger charge is -2.44. The van der Waals surface area contributed by atoms with E-state index >= 15 is 0 Å². The van der Waals surface area contributed by atoms with E-state index < -0.39 is 0 Å². The maximum absolute atomic E-state index is 6.15. The highest BCUT2D eigenvalue weighted by atomic mass is 16.5. The summed E-state index contributed by atoms with van der Waals surface area (Å²) in [4.78, 5) is 2.54. The molecule has 1 aromatic carbocycles. The fraction of sp³-hybridized carbons (Fsp3) is 0.647. The molecule has 0 aromatic heterocycles. The van der Waals surface area contributed by atoms with E-state index in [0.29, 0.717) is 0 Å². The van der Waals surface area contributed by atoms with Gasteiger partial charge in [-0.15, -0.1) is 0 Å². The Morgan fingerprint density at radius 2 is 2.15 bits per heavy atom. The highest BCUT2D eigenvalue weighted by molar-refractivity contribution is 5.34. The monoisotopic (exact) mass is 274 g/mol. The van der Waals surface area contributed by atoms with Gasteiger partial charge in [0, 0.05) is 30.7 Å². The zero-order chi connectivity index (χ0) is 14.0. The van der Waals surface area contributed by atoms with Gasteiger partial charge in [0.15, 0.2) is 0 Å². The average Bonchev–Trinajstić information content (AvgIpc) is 2.65. The van der Waals surface area contributed by atoms with Crippen molar-refractivity contribution < 1.29 is 4.74 Å². The van der Waals surface area contributed by atoms with Gasteiger partial charge in [-0.05, 0) is 25.3 Å². The summed E-state index contributed by atoms with van der Waals surface area (Å²) < 4.78 is 5.88. The zero-order valence-electron chi connectivity index (χ0n) is 12.5. The van der Waals surface area contributed by atoms with Gasteiger partial charge in [0.1, 0.15) is 12.4 Å². The van der Waals surface area contributed by atoms with Gasteiger partial charge in [-0.2, -0.15) is 0 Å². The minimum absolute atomic E-state index is 0.103. The number of hydrogen-bond donors (Lipinski definition) is 1. The van der Waals surface area contributed by atoms with Gasteiger partial charge in [0.05, 0.1) is 0 Å². The second kappa shape index (κ2) is 5.74. The molecule has 2 N–H and O–H groups in total. The van der Waals surface area contributed by atoms with Crippen molar-refractivity contribution >= 4 is 0 Å². The first-order valence-corrected chi connectivity index (χ1v) is 7.87. The van der Waals surface area contributed by atoms with Crippen LogP contribution in [-0.2, 0) is 6.54 Å². The molecule has 3 nitrogen and oxygen atoms in total. The predicted octanol–water partition coefficient (Wildman–Crippen LogP) is 2.79. The Balaban J connectivity index is 1.77. The van der Waals surface area contributed by atoms with Crippen molar-refractivity contribution in [3.63, 3.8) is 0 Å². The van der Waals surface area contributed by atoms with Gasteiger partial charge in [-0.3, -0.25) is 4.90 Å². The van der Waals surface area contributed by atoms with E-state index in [9.17, 15) is 0 Å². The summed E-state index contributed by atoms with van der Waals surface area (Å²) in [5.41, 5.74) is 7.55. The molecule has 1 aliphatic carbocycles. The molecule has 110 valence electrons. The van der Waals surface area contributed by atoms with Gasteiger partial charge in [-0.25, -0.2) is 0 Å². The molecule has 0 bridgehead atoms. The van der Waals surface area contributed by atoms with Crippen LogP contribution in [-0.4, -0.2) is 30.1 Å². The molecule has 1 fully saturated rings. The first-order chi connectivity index (χ1) is 9.71. The second-order valence-electron chi connectivity index (χ2n) is 6.58. The molecule has 1 saturated carbocycles. The lowest BCUT2D eigenvalue weighted by atomic mass is 9.76. The third kappa shape index (κ3) is 2.70. The largest absolute Gasteiger partial charge is 0.492 e. The maximum Gasteiger partial charge on any atom is 0.123 e. The summed E-state index contributed by atoms with van der Waals surface area (Å²) in [6, 6.07) is 8.39. The molecule has 1 atom stereocenters. The van der Waals surface area contributed by atoms with Crippen LogP contribution in [0.25, 0.3) is 0 Å². The Kier molecular flexibility index (Phi) is 3.99. The molecule has 1 aliphatic heterocycles. The normalized spacial score (nSPS) is 23.1. The summed E-state index contributed by atoms with van der Waals surface area (Å²) in [5.74, 6) is 1.92. The Morgan fingerprint density at radius 1 is 1.35 bits per heavy atom. The summed E-state index contributed by atoms with van der Waals surface area (Å²) in [6.07, 6.45) is 5.40. The van der Waals surface area contributed by atoms with Gasteiger partial charge >= 0.3 is 0 Å². The molecule has 0 saturated heterocycles. The van der Waals surface area contributed by atoms with Crippen LogP contribution in [0.15, 0.2) is 24.3 Å². The van der Waals surface area contributed by atoms with E-state index in [4.69, 9.17) is 10.5 Å². The Hall–Kier alpha value is -1.06. The van der Waals surface area contributed by atoms with Crippen LogP contribution in [0.2, 0.25) is 0 Å². The van der Waals surface area contributed by atoms with Crippen molar-refractivity contribution in [3.8, 4) is 5.75 Å². The number of ether oxygens (including phenoxy) is 1. The SMILES string of the molecule is CC(CN)(CC1CCC1)N1CCOc2ccccc2C1.